The zero-order valence-corrected chi connectivity index (χ0v) is 29.5. The molecule has 1 saturated carbocycles. The maximum atomic E-state index is 15.2. The molecule has 3 fully saturated rings. The number of rotatable bonds is 10. The highest BCUT2D eigenvalue weighted by molar-refractivity contribution is 6.30. The molecule has 6 atom stereocenters. The number of allylic oxidation sites excluding steroid dienone is 2. The Morgan fingerprint density at radius 2 is 1.60 bits per heavy atom. The molecule has 0 bridgehead atoms. The molecule has 4 amide bonds. The third-order valence-corrected chi connectivity index (χ3v) is 11.7. The lowest BCUT2D eigenvalue weighted by atomic mass is 9.49. The second-order valence-corrected chi connectivity index (χ2v) is 14.8. The third kappa shape index (κ3) is 5.66. The van der Waals surface area contributed by atoms with Gasteiger partial charge >= 0.3 is 5.97 Å². The number of aromatic hydroxyl groups is 1. The van der Waals surface area contributed by atoms with Gasteiger partial charge in [0.1, 0.15) is 11.6 Å². The highest BCUT2D eigenvalue weighted by Crippen LogP contribution is 2.64. The molecule has 0 radical (unpaired) electrons. The highest BCUT2D eigenvalue weighted by Gasteiger charge is 2.70. The number of aliphatic carboxylic acids is 1. The van der Waals surface area contributed by atoms with E-state index in [-0.39, 0.29) is 43.4 Å². The number of hydrazine groups is 1. The molecule has 0 aromatic heterocycles. The number of carboxylic acid groups (broad SMARTS) is 1. The topological polar surface area (TPSA) is 144 Å². The van der Waals surface area contributed by atoms with Crippen molar-refractivity contribution in [1.29, 1.82) is 0 Å². The maximum absolute atomic E-state index is 15.2. The second-order valence-electron chi connectivity index (χ2n) is 14.4. The molecule has 6 unspecified atom stereocenters. The fourth-order valence-electron chi connectivity index (χ4n) is 9.19. The molecule has 2 aliphatic carbocycles. The number of phenolic OH excluding ortho intramolecular Hbond substituents is 1. The maximum Gasteiger partial charge on any atom is 0.303 e. The number of likely N-dealkylation sites (tertiary alicyclic amines) is 1. The van der Waals surface area contributed by atoms with Gasteiger partial charge in [-0.2, -0.15) is 5.01 Å². The number of benzene rings is 3. The first-order valence-electron chi connectivity index (χ1n) is 17.6. The number of carbonyl (C=O) groups is 5. The number of hydrogen-bond acceptors (Lipinski definition) is 7. The molecular weight excluding hydrogens is 689 g/mol. The molecule has 2 aliphatic heterocycles. The molecule has 3 N–H and O–H groups in total. The van der Waals surface area contributed by atoms with Crippen LogP contribution >= 0.6 is 11.6 Å². The number of nitrogens with one attached hydrogen (secondary N) is 1. The Morgan fingerprint density at radius 3 is 2.25 bits per heavy atom. The molecule has 2 saturated heterocycles. The number of amides is 4. The van der Waals surface area contributed by atoms with Crippen LogP contribution in [0.5, 0.6) is 5.75 Å². The SMILES string of the molecule is Cc1cc(C2C3=CCC4C(=O)N(CCCCCC(=O)O)C(=O)C4C3CC3C(=O)N(Nc4ccc(F)cc4)C(=O)C32c2ccc(Cl)cc2)cc(C)c1O. The van der Waals surface area contributed by atoms with E-state index >= 15 is 4.79 Å². The molecule has 270 valence electrons. The summed E-state index contributed by atoms with van der Waals surface area (Å²) >= 11 is 6.36. The molecule has 0 spiro atoms. The molecule has 3 aromatic rings. The standard InChI is InChI=1S/C40H39ClFN3O7/c1-21-18-23(19-22(2)35(21)48)34-28-15-16-29-33(38(51)44(36(29)49)17-5-3-4-6-32(46)47)30(28)20-31-37(50)45(43-27-13-11-26(42)12-14-27)39(52)40(31,34)24-7-9-25(41)10-8-24/h7-15,18-19,29-31,33-34,43,48H,3-6,16-17,20H2,1-2H3,(H,46,47). The summed E-state index contributed by atoms with van der Waals surface area (Å²) < 4.78 is 13.9. The molecule has 2 heterocycles. The number of imide groups is 2. The van der Waals surface area contributed by atoms with Crippen molar-refractivity contribution in [3.8, 4) is 5.75 Å². The molecule has 3 aromatic carbocycles. The minimum atomic E-state index is -1.52. The number of unbranched alkanes of at least 4 members (excludes halogenated alkanes) is 2. The summed E-state index contributed by atoms with van der Waals surface area (Å²) in [5, 5.41) is 21.3. The van der Waals surface area contributed by atoms with Gasteiger partial charge < -0.3 is 10.2 Å². The first-order valence-corrected chi connectivity index (χ1v) is 18.0. The Hall–Kier alpha value is -5.03. The van der Waals surface area contributed by atoms with Crippen LogP contribution in [-0.4, -0.2) is 56.3 Å². The van der Waals surface area contributed by atoms with E-state index in [1.165, 1.54) is 29.2 Å². The zero-order chi connectivity index (χ0) is 37.1. The summed E-state index contributed by atoms with van der Waals surface area (Å²) in [6.45, 7) is 3.71. The van der Waals surface area contributed by atoms with Gasteiger partial charge in [0.15, 0.2) is 0 Å². The molecule has 52 heavy (non-hydrogen) atoms. The van der Waals surface area contributed by atoms with Crippen molar-refractivity contribution in [3.05, 3.63) is 105 Å². The third-order valence-electron chi connectivity index (χ3n) is 11.5. The van der Waals surface area contributed by atoms with Gasteiger partial charge in [-0.15, -0.1) is 0 Å². The Balaban J connectivity index is 1.36. The summed E-state index contributed by atoms with van der Waals surface area (Å²) in [6.07, 6.45) is 3.82. The fourth-order valence-corrected chi connectivity index (χ4v) is 9.32. The fraction of sp³-hybridized carbons (Fsp3) is 0.375. The lowest BCUT2D eigenvalue weighted by molar-refractivity contribution is -0.141. The minimum absolute atomic E-state index is 0.0106. The first-order chi connectivity index (χ1) is 24.8. The van der Waals surface area contributed by atoms with Crippen LogP contribution in [0.1, 0.15) is 66.7 Å². The average Bonchev–Trinajstić information content (AvgIpc) is 3.48. The van der Waals surface area contributed by atoms with Crippen molar-refractivity contribution in [3.63, 3.8) is 0 Å². The van der Waals surface area contributed by atoms with Crippen molar-refractivity contribution in [2.24, 2.45) is 23.7 Å². The van der Waals surface area contributed by atoms with E-state index in [9.17, 15) is 28.7 Å². The lowest BCUT2D eigenvalue weighted by Crippen LogP contribution is -2.53. The molecule has 10 nitrogen and oxygen atoms in total. The number of halogens is 2. The van der Waals surface area contributed by atoms with Gasteiger partial charge in [-0.3, -0.25) is 34.3 Å². The summed E-state index contributed by atoms with van der Waals surface area (Å²) in [5.41, 5.74) is 4.92. The number of carboxylic acids is 1. The van der Waals surface area contributed by atoms with E-state index in [0.29, 0.717) is 52.2 Å². The van der Waals surface area contributed by atoms with Crippen LogP contribution in [-0.2, 0) is 29.4 Å². The highest BCUT2D eigenvalue weighted by atomic mass is 35.5. The van der Waals surface area contributed by atoms with E-state index in [0.717, 1.165) is 10.6 Å². The van der Waals surface area contributed by atoms with E-state index in [2.05, 4.69) is 5.43 Å². The normalized spacial score (nSPS) is 26.6. The van der Waals surface area contributed by atoms with Crippen LogP contribution in [0.4, 0.5) is 10.1 Å². The Kier molecular flexibility index (Phi) is 9.19. The summed E-state index contributed by atoms with van der Waals surface area (Å²) in [6, 6.07) is 15.8. The number of hydrogen-bond donors (Lipinski definition) is 3. The van der Waals surface area contributed by atoms with E-state index in [4.69, 9.17) is 16.7 Å². The van der Waals surface area contributed by atoms with Gasteiger partial charge in [0, 0.05) is 23.9 Å². The molecule has 7 rings (SSSR count). The van der Waals surface area contributed by atoms with Crippen LogP contribution in [0.25, 0.3) is 0 Å². The number of phenols is 1. The van der Waals surface area contributed by atoms with Crippen molar-refractivity contribution in [2.45, 2.75) is 63.7 Å². The minimum Gasteiger partial charge on any atom is -0.507 e. The number of anilines is 1. The van der Waals surface area contributed by atoms with Crippen LogP contribution in [0.3, 0.4) is 0 Å². The molecular formula is C40H39ClFN3O7. The van der Waals surface area contributed by atoms with Crippen LogP contribution in [0.2, 0.25) is 5.02 Å². The molecule has 12 heteroatoms. The number of aryl methyl sites for hydroxylation is 2. The van der Waals surface area contributed by atoms with E-state index in [1.807, 2.05) is 18.2 Å². The molecule has 4 aliphatic rings. The van der Waals surface area contributed by atoms with E-state index < -0.39 is 58.6 Å². The summed E-state index contributed by atoms with van der Waals surface area (Å²) in [4.78, 5) is 70.3. The van der Waals surface area contributed by atoms with Crippen molar-refractivity contribution < 1.29 is 38.6 Å². The van der Waals surface area contributed by atoms with Crippen LogP contribution in [0, 0.1) is 43.3 Å². The van der Waals surface area contributed by atoms with Crippen molar-refractivity contribution >= 4 is 46.9 Å². The van der Waals surface area contributed by atoms with Gasteiger partial charge in [0.05, 0.1) is 28.9 Å². The summed E-state index contributed by atoms with van der Waals surface area (Å²) in [7, 11) is 0. The average molecular weight is 728 g/mol. The second kappa shape index (κ2) is 13.5. The van der Waals surface area contributed by atoms with Gasteiger partial charge in [-0.1, -0.05) is 53.9 Å². The zero-order valence-electron chi connectivity index (χ0n) is 28.8. The number of carbonyl (C=O) groups excluding carboxylic acids is 4. The van der Waals surface area contributed by atoms with Gasteiger partial charge in [-0.05, 0) is 104 Å². The monoisotopic (exact) mass is 727 g/mol. The predicted octanol–water partition coefficient (Wildman–Crippen LogP) is 6.43. The Labute approximate surface area is 305 Å². The van der Waals surface area contributed by atoms with E-state index in [1.54, 1.807) is 38.1 Å². The first kappa shape index (κ1) is 35.4. The quantitative estimate of drug-likeness (QED) is 0.123. The predicted molar refractivity (Wildman–Crippen MR) is 189 cm³/mol. The Bertz CT molecular complexity index is 1990. The Morgan fingerprint density at radius 1 is 0.923 bits per heavy atom. The van der Waals surface area contributed by atoms with Crippen molar-refractivity contribution in [2.75, 3.05) is 12.0 Å². The van der Waals surface area contributed by atoms with Gasteiger partial charge in [0.25, 0.3) is 11.8 Å². The smallest absolute Gasteiger partial charge is 0.303 e. The van der Waals surface area contributed by atoms with Crippen LogP contribution < -0.4 is 5.43 Å². The largest absolute Gasteiger partial charge is 0.507 e. The summed E-state index contributed by atoms with van der Waals surface area (Å²) in [5.74, 6) is -6.62. The van der Waals surface area contributed by atoms with Crippen LogP contribution in [0.15, 0.2) is 72.3 Å². The number of fused-ring (bicyclic) bond motifs is 4. The number of nitrogens with zero attached hydrogens (tertiary/aromatic N) is 2. The lowest BCUT2D eigenvalue weighted by Gasteiger charge is -2.50. The van der Waals surface area contributed by atoms with Crippen molar-refractivity contribution in [1.82, 2.24) is 9.91 Å². The van der Waals surface area contributed by atoms with Gasteiger partial charge in [0.2, 0.25) is 11.8 Å². The van der Waals surface area contributed by atoms with Gasteiger partial charge in [-0.25, -0.2) is 4.39 Å².